The van der Waals surface area contributed by atoms with E-state index in [-0.39, 0.29) is 18.1 Å². The maximum atomic E-state index is 12.1. The lowest BCUT2D eigenvalue weighted by atomic mass is 10.1. The van der Waals surface area contributed by atoms with Crippen molar-refractivity contribution in [2.45, 2.75) is 43.9 Å². The molecule has 12 heteroatoms. The number of aromatic nitrogens is 2. The van der Waals surface area contributed by atoms with E-state index in [2.05, 4.69) is 20.3 Å². The largest absolute Gasteiger partial charge is 0.393 e. The van der Waals surface area contributed by atoms with Crippen LogP contribution in [0.2, 0.25) is 0 Å². The minimum Gasteiger partial charge on any atom is -0.393 e. The maximum Gasteiger partial charge on any atom is 0.351 e. The lowest BCUT2D eigenvalue weighted by Crippen LogP contribution is -2.44. The number of carbonyl (C=O) groups excluding carboxylic acids is 1. The number of hydrogen-bond donors (Lipinski definition) is 4. The van der Waals surface area contributed by atoms with E-state index < -0.39 is 36.5 Å². The van der Waals surface area contributed by atoms with Gasteiger partial charge in [-0.05, 0) is 18.0 Å². The number of nitrogens with one attached hydrogen (secondary N) is 1. The van der Waals surface area contributed by atoms with Gasteiger partial charge in [0, 0.05) is 17.5 Å². The Morgan fingerprint density at radius 2 is 2.32 bits per heavy atom. The molecule has 4 atom stereocenters. The van der Waals surface area contributed by atoms with Gasteiger partial charge in [0.25, 0.3) is 0 Å². The Morgan fingerprint density at radius 3 is 2.88 bits per heavy atom. The molecule has 4 N–H and O–H groups in total. The fourth-order valence-electron chi connectivity index (χ4n) is 2.42. The molecule has 1 saturated heterocycles. The SMILES string of the molecule is CCCC(=O)Nc1ccn(C2OC(CO)(N=[N+]=[N-])C(O)C2O)c(=O)n1. The molecular formula is C13H18N6O6. The minimum atomic E-state index is -2.12. The number of amides is 1. The Labute approximate surface area is 141 Å². The molecule has 12 nitrogen and oxygen atoms in total. The number of aliphatic hydroxyl groups excluding tert-OH is 3. The van der Waals surface area contributed by atoms with E-state index in [0.717, 1.165) is 4.57 Å². The third-order valence-corrected chi connectivity index (χ3v) is 3.69. The van der Waals surface area contributed by atoms with Gasteiger partial charge in [0.05, 0.1) is 6.61 Å². The average Bonchev–Trinajstić information content (AvgIpc) is 2.81. The molecule has 0 radical (unpaired) electrons. The Balaban J connectivity index is 2.29. The number of aliphatic hydroxyl groups is 3. The van der Waals surface area contributed by atoms with Crippen molar-refractivity contribution < 1.29 is 24.9 Å². The number of carbonyl (C=O) groups is 1. The Kier molecular flexibility index (Phi) is 5.72. The van der Waals surface area contributed by atoms with Gasteiger partial charge < -0.3 is 25.4 Å². The van der Waals surface area contributed by atoms with E-state index in [1.54, 1.807) is 0 Å². The first-order valence-electron chi connectivity index (χ1n) is 7.48. The van der Waals surface area contributed by atoms with Gasteiger partial charge in [-0.3, -0.25) is 9.36 Å². The monoisotopic (exact) mass is 354 g/mol. The fourth-order valence-corrected chi connectivity index (χ4v) is 2.42. The summed E-state index contributed by atoms with van der Waals surface area (Å²) in [6, 6.07) is 1.31. The quantitative estimate of drug-likeness (QED) is 0.294. The van der Waals surface area contributed by atoms with Crippen LogP contribution in [0.15, 0.2) is 22.2 Å². The van der Waals surface area contributed by atoms with Crippen LogP contribution in [0.1, 0.15) is 26.0 Å². The van der Waals surface area contributed by atoms with Gasteiger partial charge in [-0.15, -0.1) is 0 Å². The second-order valence-electron chi connectivity index (χ2n) is 5.44. The van der Waals surface area contributed by atoms with E-state index in [9.17, 15) is 24.9 Å². The molecule has 0 saturated carbocycles. The van der Waals surface area contributed by atoms with E-state index in [1.165, 1.54) is 12.3 Å². The van der Waals surface area contributed by atoms with Gasteiger partial charge in [-0.2, -0.15) is 4.98 Å². The van der Waals surface area contributed by atoms with E-state index in [4.69, 9.17) is 10.3 Å². The van der Waals surface area contributed by atoms with Crippen molar-refractivity contribution in [3.05, 3.63) is 33.2 Å². The average molecular weight is 354 g/mol. The van der Waals surface area contributed by atoms with Crippen LogP contribution in [0.4, 0.5) is 5.82 Å². The van der Waals surface area contributed by atoms with Crippen LogP contribution in [0, 0.1) is 0 Å². The lowest BCUT2D eigenvalue weighted by Gasteiger charge is -2.23. The van der Waals surface area contributed by atoms with Crippen LogP contribution >= 0.6 is 0 Å². The van der Waals surface area contributed by atoms with Crippen molar-refractivity contribution in [2.24, 2.45) is 5.11 Å². The maximum absolute atomic E-state index is 12.1. The first-order chi connectivity index (χ1) is 11.9. The van der Waals surface area contributed by atoms with E-state index in [0.29, 0.717) is 6.42 Å². The highest BCUT2D eigenvalue weighted by atomic mass is 16.6. The highest BCUT2D eigenvalue weighted by Gasteiger charge is 2.54. The summed E-state index contributed by atoms with van der Waals surface area (Å²) in [5.41, 5.74) is 5.56. The van der Waals surface area contributed by atoms with Crippen LogP contribution in [-0.4, -0.2) is 55.3 Å². The van der Waals surface area contributed by atoms with Crippen LogP contribution in [0.3, 0.4) is 0 Å². The summed E-state index contributed by atoms with van der Waals surface area (Å²) in [5.74, 6) is -0.279. The van der Waals surface area contributed by atoms with Gasteiger partial charge in [-0.1, -0.05) is 12.0 Å². The zero-order chi connectivity index (χ0) is 18.6. The summed E-state index contributed by atoms with van der Waals surface area (Å²) in [6.45, 7) is 0.922. The van der Waals surface area contributed by atoms with Gasteiger partial charge in [0.15, 0.2) is 6.23 Å². The molecule has 136 valence electrons. The minimum absolute atomic E-state index is 0.0243. The molecule has 1 aromatic rings. The molecule has 0 aromatic carbocycles. The number of azide groups is 1. The van der Waals surface area contributed by atoms with Crippen molar-refractivity contribution >= 4 is 11.7 Å². The van der Waals surface area contributed by atoms with Crippen LogP contribution in [-0.2, 0) is 9.53 Å². The number of rotatable bonds is 6. The molecule has 2 rings (SSSR count). The first kappa shape index (κ1) is 18.8. The molecule has 1 aromatic heterocycles. The van der Waals surface area contributed by atoms with E-state index in [1.807, 2.05) is 6.92 Å². The van der Waals surface area contributed by atoms with Crippen molar-refractivity contribution in [1.82, 2.24) is 9.55 Å². The summed E-state index contributed by atoms with van der Waals surface area (Å²) in [7, 11) is 0. The van der Waals surface area contributed by atoms with Gasteiger partial charge in [0.1, 0.15) is 18.0 Å². The summed E-state index contributed by atoms with van der Waals surface area (Å²) in [6.07, 6.45) is -2.75. The molecule has 2 heterocycles. The normalized spacial score (nSPS) is 28.4. The molecule has 1 fully saturated rings. The van der Waals surface area contributed by atoms with Crippen LogP contribution < -0.4 is 11.0 Å². The predicted octanol–water partition coefficient (Wildman–Crippen LogP) is -0.769. The molecule has 4 unspecified atom stereocenters. The van der Waals surface area contributed by atoms with Crippen molar-refractivity contribution in [3.63, 3.8) is 0 Å². The molecule has 25 heavy (non-hydrogen) atoms. The topological polar surface area (TPSA) is 183 Å². The third kappa shape index (κ3) is 3.62. The summed E-state index contributed by atoms with van der Waals surface area (Å²) < 4.78 is 6.11. The number of hydrogen-bond acceptors (Lipinski definition) is 8. The summed E-state index contributed by atoms with van der Waals surface area (Å²) >= 11 is 0. The molecular weight excluding hydrogens is 336 g/mol. The van der Waals surface area contributed by atoms with Gasteiger partial charge >= 0.3 is 5.69 Å². The second-order valence-corrected chi connectivity index (χ2v) is 5.44. The standard InChI is InChI=1S/C13H18N6O6/c1-2-3-8(21)15-7-4-5-19(12(24)16-7)11-9(22)10(23)13(6-20,25-11)17-18-14/h4-5,9-11,20,22-23H,2-3,6H2,1H3,(H,15,16,21,24). The van der Waals surface area contributed by atoms with Gasteiger partial charge in [0.2, 0.25) is 11.6 Å². The first-order valence-corrected chi connectivity index (χ1v) is 7.48. The van der Waals surface area contributed by atoms with Gasteiger partial charge in [-0.25, -0.2) is 4.79 Å². The Morgan fingerprint density at radius 1 is 1.60 bits per heavy atom. The van der Waals surface area contributed by atoms with Crippen molar-refractivity contribution in [3.8, 4) is 0 Å². The third-order valence-electron chi connectivity index (χ3n) is 3.69. The van der Waals surface area contributed by atoms with Crippen LogP contribution in [0.25, 0.3) is 10.4 Å². The molecule has 0 bridgehead atoms. The summed E-state index contributed by atoms with van der Waals surface area (Å²) in [5, 5.41) is 35.1. The molecule has 1 amide bonds. The summed E-state index contributed by atoms with van der Waals surface area (Å²) in [4.78, 5) is 29.8. The molecule has 1 aliphatic heterocycles. The van der Waals surface area contributed by atoms with Crippen molar-refractivity contribution in [2.75, 3.05) is 11.9 Å². The highest BCUT2D eigenvalue weighted by molar-refractivity contribution is 5.89. The predicted molar refractivity (Wildman–Crippen MR) is 83.1 cm³/mol. The van der Waals surface area contributed by atoms with Crippen LogP contribution in [0.5, 0.6) is 0 Å². The molecule has 0 aliphatic carbocycles. The number of anilines is 1. The highest BCUT2D eigenvalue weighted by Crippen LogP contribution is 2.37. The lowest BCUT2D eigenvalue weighted by molar-refractivity contribution is -0.125. The fraction of sp³-hybridized carbons (Fsp3) is 0.615. The molecule has 0 spiro atoms. The van der Waals surface area contributed by atoms with Crippen molar-refractivity contribution in [1.29, 1.82) is 0 Å². The zero-order valence-corrected chi connectivity index (χ0v) is 13.3. The zero-order valence-electron chi connectivity index (χ0n) is 13.3. The second kappa shape index (κ2) is 7.59. The smallest absolute Gasteiger partial charge is 0.351 e. The van der Waals surface area contributed by atoms with E-state index >= 15 is 0 Å². The Bertz CT molecular complexity index is 747. The molecule has 1 aliphatic rings. The number of ether oxygens (including phenoxy) is 1. The number of nitrogens with zero attached hydrogens (tertiary/aromatic N) is 5. The Hall–Kier alpha value is -2.50.